The zero-order valence-corrected chi connectivity index (χ0v) is 13.3. The molecule has 0 saturated heterocycles. The molecule has 0 aliphatic rings. The predicted octanol–water partition coefficient (Wildman–Crippen LogP) is 3.80. The summed E-state index contributed by atoms with van der Waals surface area (Å²) in [6, 6.07) is 8.52. The number of para-hydroxylation sites is 1. The zero-order chi connectivity index (χ0) is 14.8. The van der Waals surface area contributed by atoms with Crippen LogP contribution in [0, 0.1) is 5.92 Å². The Hall–Kier alpha value is -1.06. The van der Waals surface area contributed by atoms with Gasteiger partial charge in [0.15, 0.2) is 0 Å². The molecular weight excluding hydrogens is 250 g/mol. The summed E-state index contributed by atoms with van der Waals surface area (Å²) in [5.74, 6) is 1.66. The van der Waals surface area contributed by atoms with Crippen molar-refractivity contribution in [2.45, 2.75) is 39.7 Å². The minimum Gasteiger partial charge on any atom is -0.496 e. The molecule has 1 aromatic carbocycles. The number of hydrogen-bond acceptors (Lipinski definition) is 3. The Morgan fingerprint density at radius 3 is 2.55 bits per heavy atom. The Morgan fingerprint density at radius 1 is 1.15 bits per heavy atom. The van der Waals surface area contributed by atoms with Gasteiger partial charge in [-0.05, 0) is 24.8 Å². The van der Waals surface area contributed by atoms with Gasteiger partial charge in [-0.25, -0.2) is 0 Å². The molecule has 3 nitrogen and oxygen atoms in total. The van der Waals surface area contributed by atoms with E-state index in [-0.39, 0.29) is 0 Å². The van der Waals surface area contributed by atoms with Crippen LogP contribution < -0.4 is 10.1 Å². The summed E-state index contributed by atoms with van der Waals surface area (Å²) in [5, 5.41) is 3.54. The highest BCUT2D eigenvalue weighted by atomic mass is 16.5. The highest BCUT2D eigenvalue weighted by molar-refractivity contribution is 5.35. The Kier molecular flexibility index (Phi) is 8.31. The third kappa shape index (κ3) is 5.93. The van der Waals surface area contributed by atoms with E-state index < -0.39 is 0 Å². The maximum absolute atomic E-state index is 5.64. The molecule has 0 amide bonds. The standard InChI is InChI=1S/C17H29NO2/c1-5-16(15-8-6-7-9-17(15)19-4)18-11-13-20-12-10-14(2)3/h6-9,14,16,18H,5,10-13H2,1-4H3. The van der Waals surface area contributed by atoms with E-state index in [1.54, 1.807) is 7.11 Å². The molecule has 0 saturated carbocycles. The molecule has 3 heteroatoms. The first kappa shape index (κ1) is 17.0. The van der Waals surface area contributed by atoms with Crippen LogP contribution in [-0.4, -0.2) is 26.9 Å². The summed E-state index contributed by atoms with van der Waals surface area (Å²) in [7, 11) is 1.72. The van der Waals surface area contributed by atoms with E-state index in [1.807, 2.05) is 12.1 Å². The maximum atomic E-state index is 5.64. The van der Waals surface area contributed by atoms with E-state index in [0.717, 1.165) is 38.3 Å². The fourth-order valence-corrected chi connectivity index (χ4v) is 2.15. The van der Waals surface area contributed by atoms with Gasteiger partial charge in [0.1, 0.15) is 5.75 Å². The van der Waals surface area contributed by atoms with Gasteiger partial charge in [0.2, 0.25) is 0 Å². The molecular formula is C17H29NO2. The van der Waals surface area contributed by atoms with Crippen LogP contribution in [-0.2, 0) is 4.74 Å². The molecule has 1 unspecified atom stereocenters. The number of ether oxygens (including phenoxy) is 2. The fourth-order valence-electron chi connectivity index (χ4n) is 2.15. The fraction of sp³-hybridized carbons (Fsp3) is 0.647. The van der Waals surface area contributed by atoms with E-state index in [0.29, 0.717) is 12.0 Å². The first-order valence-electron chi connectivity index (χ1n) is 7.63. The van der Waals surface area contributed by atoms with Crippen molar-refractivity contribution in [2.24, 2.45) is 5.92 Å². The Labute approximate surface area is 123 Å². The van der Waals surface area contributed by atoms with Gasteiger partial charge in [-0.15, -0.1) is 0 Å². The highest BCUT2D eigenvalue weighted by Crippen LogP contribution is 2.26. The molecule has 1 N–H and O–H groups in total. The molecule has 0 aliphatic heterocycles. The zero-order valence-electron chi connectivity index (χ0n) is 13.3. The lowest BCUT2D eigenvalue weighted by molar-refractivity contribution is 0.123. The Bertz CT molecular complexity index is 366. The molecule has 0 spiro atoms. The summed E-state index contributed by atoms with van der Waals surface area (Å²) in [6.45, 7) is 9.11. The van der Waals surface area contributed by atoms with Crippen LogP contribution >= 0.6 is 0 Å². The molecule has 0 bridgehead atoms. The van der Waals surface area contributed by atoms with Crippen molar-refractivity contribution >= 4 is 0 Å². The molecule has 0 radical (unpaired) electrons. The average molecular weight is 279 g/mol. The van der Waals surface area contributed by atoms with Gasteiger partial charge in [-0.3, -0.25) is 0 Å². The van der Waals surface area contributed by atoms with E-state index in [1.165, 1.54) is 5.56 Å². The van der Waals surface area contributed by atoms with E-state index in [2.05, 4.69) is 38.2 Å². The summed E-state index contributed by atoms with van der Waals surface area (Å²) in [6.07, 6.45) is 2.16. The van der Waals surface area contributed by atoms with Crippen molar-refractivity contribution in [3.63, 3.8) is 0 Å². The number of methoxy groups -OCH3 is 1. The molecule has 114 valence electrons. The minimum atomic E-state index is 0.319. The third-order valence-electron chi connectivity index (χ3n) is 3.40. The number of nitrogens with one attached hydrogen (secondary N) is 1. The number of rotatable bonds is 10. The quantitative estimate of drug-likeness (QED) is 0.661. The van der Waals surface area contributed by atoms with Crippen LogP contribution in [0.5, 0.6) is 5.75 Å². The summed E-state index contributed by atoms with van der Waals surface area (Å²) < 4.78 is 11.1. The molecule has 0 aliphatic carbocycles. The molecule has 20 heavy (non-hydrogen) atoms. The lowest BCUT2D eigenvalue weighted by atomic mass is 10.0. The normalized spacial score (nSPS) is 12.7. The van der Waals surface area contributed by atoms with Crippen LogP contribution in [0.4, 0.5) is 0 Å². The summed E-state index contributed by atoms with van der Waals surface area (Å²) >= 11 is 0. The van der Waals surface area contributed by atoms with Crippen LogP contribution in [0.25, 0.3) is 0 Å². The second-order valence-corrected chi connectivity index (χ2v) is 5.45. The first-order chi connectivity index (χ1) is 9.69. The third-order valence-corrected chi connectivity index (χ3v) is 3.40. The second-order valence-electron chi connectivity index (χ2n) is 5.45. The van der Waals surface area contributed by atoms with Gasteiger partial charge >= 0.3 is 0 Å². The van der Waals surface area contributed by atoms with E-state index in [4.69, 9.17) is 9.47 Å². The average Bonchev–Trinajstić information content (AvgIpc) is 2.46. The van der Waals surface area contributed by atoms with Gasteiger partial charge in [0.05, 0.1) is 13.7 Å². The van der Waals surface area contributed by atoms with Crippen molar-refractivity contribution in [1.82, 2.24) is 5.32 Å². The Balaban J connectivity index is 2.36. The highest BCUT2D eigenvalue weighted by Gasteiger charge is 2.12. The minimum absolute atomic E-state index is 0.319. The Morgan fingerprint density at radius 2 is 1.90 bits per heavy atom. The van der Waals surface area contributed by atoms with Gasteiger partial charge < -0.3 is 14.8 Å². The van der Waals surface area contributed by atoms with Crippen molar-refractivity contribution < 1.29 is 9.47 Å². The van der Waals surface area contributed by atoms with Crippen LogP contribution in [0.15, 0.2) is 24.3 Å². The van der Waals surface area contributed by atoms with Crippen LogP contribution in [0.2, 0.25) is 0 Å². The lowest BCUT2D eigenvalue weighted by Gasteiger charge is -2.20. The van der Waals surface area contributed by atoms with Crippen molar-refractivity contribution in [1.29, 1.82) is 0 Å². The monoisotopic (exact) mass is 279 g/mol. The maximum Gasteiger partial charge on any atom is 0.123 e. The number of benzene rings is 1. The van der Waals surface area contributed by atoms with Crippen molar-refractivity contribution in [3.8, 4) is 5.75 Å². The predicted molar refractivity (Wildman–Crippen MR) is 84.3 cm³/mol. The molecule has 0 fully saturated rings. The van der Waals surface area contributed by atoms with Gasteiger partial charge in [0.25, 0.3) is 0 Å². The molecule has 0 heterocycles. The topological polar surface area (TPSA) is 30.5 Å². The molecule has 1 aromatic rings. The van der Waals surface area contributed by atoms with Crippen molar-refractivity contribution in [2.75, 3.05) is 26.9 Å². The smallest absolute Gasteiger partial charge is 0.123 e. The first-order valence-corrected chi connectivity index (χ1v) is 7.63. The summed E-state index contributed by atoms with van der Waals surface area (Å²) in [5.41, 5.74) is 1.22. The molecule has 1 rings (SSSR count). The molecule has 1 atom stereocenters. The largest absolute Gasteiger partial charge is 0.496 e. The van der Waals surface area contributed by atoms with Crippen LogP contribution in [0.3, 0.4) is 0 Å². The van der Waals surface area contributed by atoms with Crippen molar-refractivity contribution in [3.05, 3.63) is 29.8 Å². The summed E-state index contributed by atoms with van der Waals surface area (Å²) in [4.78, 5) is 0. The molecule has 0 aromatic heterocycles. The number of hydrogen-bond donors (Lipinski definition) is 1. The van der Waals surface area contributed by atoms with Gasteiger partial charge in [-0.1, -0.05) is 39.0 Å². The van der Waals surface area contributed by atoms with E-state index in [9.17, 15) is 0 Å². The van der Waals surface area contributed by atoms with E-state index >= 15 is 0 Å². The SMILES string of the molecule is CCC(NCCOCCC(C)C)c1ccccc1OC. The van der Waals surface area contributed by atoms with Gasteiger partial charge in [-0.2, -0.15) is 0 Å². The van der Waals surface area contributed by atoms with Gasteiger partial charge in [0, 0.05) is 24.8 Å². The second kappa shape index (κ2) is 9.78. The lowest BCUT2D eigenvalue weighted by Crippen LogP contribution is -2.25. The van der Waals surface area contributed by atoms with Crippen LogP contribution in [0.1, 0.15) is 45.2 Å².